The zero-order valence-corrected chi connectivity index (χ0v) is 19.9. The molecule has 1 saturated heterocycles. The van der Waals surface area contributed by atoms with Crippen LogP contribution in [0.15, 0.2) is 35.3 Å². The molecule has 2 rings (SSSR count). The summed E-state index contributed by atoms with van der Waals surface area (Å²) in [6.07, 6.45) is 3.38. The third-order valence-electron chi connectivity index (χ3n) is 4.54. The number of piperidine rings is 1. The molecule has 0 amide bonds. The Kier molecular flexibility index (Phi) is 12.0. The van der Waals surface area contributed by atoms with Crippen molar-refractivity contribution < 1.29 is 13.2 Å². The number of hydrogen-bond donors (Lipinski definition) is 2. The summed E-state index contributed by atoms with van der Waals surface area (Å²) in [7, 11) is -1.21. The van der Waals surface area contributed by atoms with E-state index in [-0.39, 0.29) is 36.3 Å². The summed E-state index contributed by atoms with van der Waals surface area (Å²) in [5.41, 5.74) is 1.36. The van der Waals surface area contributed by atoms with Gasteiger partial charge in [0.15, 0.2) is 5.96 Å². The molecule has 1 fully saturated rings. The van der Waals surface area contributed by atoms with Crippen LogP contribution in [-0.4, -0.2) is 77.2 Å². The molecule has 7 nitrogen and oxygen atoms in total. The van der Waals surface area contributed by atoms with E-state index in [1.54, 1.807) is 7.05 Å². The number of aliphatic imine (C=N–C) groups is 1. The van der Waals surface area contributed by atoms with E-state index in [2.05, 4.69) is 50.9 Å². The number of rotatable bonds is 9. The van der Waals surface area contributed by atoms with E-state index in [1.807, 2.05) is 0 Å². The molecule has 0 saturated carbocycles. The quantitative estimate of drug-likeness (QED) is 0.221. The van der Waals surface area contributed by atoms with Gasteiger partial charge in [0.05, 0.1) is 19.0 Å². The molecule has 0 aliphatic carbocycles. The van der Waals surface area contributed by atoms with E-state index in [1.165, 1.54) is 11.8 Å². The monoisotopic (exact) mass is 524 g/mol. The zero-order valence-electron chi connectivity index (χ0n) is 16.8. The molecule has 1 aromatic carbocycles. The Morgan fingerprint density at radius 3 is 2.50 bits per heavy atom. The van der Waals surface area contributed by atoms with Crippen molar-refractivity contribution in [2.45, 2.75) is 25.4 Å². The van der Waals surface area contributed by atoms with Crippen molar-refractivity contribution in [3.8, 4) is 0 Å². The van der Waals surface area contributed by atoms with Crippen molar-refractivity contribution in [1.82, 2.24) is 15.5 Å². The fourth-order valence-corrected chi connectivity index (χ4v) is 3.44. The van der Waals surface area contributed by atoms with Gasteiger partial charge in [-0.15, -0.1) is 24.0 Å². The predicted molar refractivity (Wildman–Crippen MR) is 125 cm³/mol. The lowest BCUT2D eigenvalue weighted by atomic mass is 10.0. The Labute approximate surface area is 186 Å². The van der Waals surface area contributed by atoms with Gasteiger partial charge in [0.2, 0.25) is 0 Å². The van der Waals surface area contributed by atoms with Crippen LogP contribution < -0.4 is 10.6 Å². The van der Waals surface area contributed by atoms with Crippen molar-refractivity contribution in [3.05, 3.63) is 35.9 Å². The summed E-state index contributed by atoms with van der Waals surface area (Å²) in [6.45, 7) is 4.41. The van der Waals surface area contributed by atoms with Crippen molar-refractivity contribution in [2.75, 3.05) is 51.9 Å². The Morgan fingerprint density at radius 2 is 1.89 bits per heavy atom. The molecule has 2 N–H and O–H groups in total. The average molecular weight is 524 g/mol. The first kappa shape index (κ1) is 25.1. The van der Waals surface area contributed by atoms with Crippen LogP contribution >= 0.6 is 24.0 Å². The molecule has 0 aromatic heterocycles. The fourth-order valence-electron chi connectivity index (χ4n) is 3.02. The van der Waals surface area contributed by atoms with Crippen LogP contribution in [0, 0.1) is 0 Å². The van der Waals surface area contributed by atoms with Gasteiger partial charge < -0.3 is 15.4 Å². The zero-order chi connectivity index (χ0) is 19.5. The van der Waals surface area contributed by atoms with Gasteiger partial charge in [-0.1, -0.05) is 30.3 Å². The average Bonchev–Trinajstić information content (AvgIpc) is 2.65. The van der Waals surface area contributed by atoms with Crippen molar-refractivity contribution in [3.63, 3.8) is 0 Å². The maximum Gasteiger partial charge on any atom is 0.191 e. The van der Waals surface area contributed by atoms with E-state index in [4.69, 9.17) is 4.74 Å². The van der Waals surface area contributed by atoms with Crippen molar-refractivity contribution >= 4 is 39.8 Å². The van der Waals surface area contributed by atoms with E-state index in [0.29, 0.717) is 19.2 Å². The second-order valence-corrected chi connectivity index (χ2v) is 9.18. The molecule has 0 spiro atoms. The smallest absolute Gasteiger partial charge is 0.191 e. The summed E-state index contributed by atoms with van der Waals surface area (Å²) in [5, 5.41) is 6.68. The van der Waals surface area contributed by atoms with Gasteiger partial charge in [0.1, 0.15) is 9.84 Å². The Bertz CT molecular complexity index is 678. The normalized spacial score (nSPS) is 16.4. The third kappa shape index (κ3) is 10.6. The lowest BCUT2D eigenvalue weighted by Gasteiger charge is -2.33. The number of sulfone groups is 1. The van der Waals surface area contributed by atoms with E-state index >= 15 is 0 Å². The molecule has 0 bridgehead atoms. The molecule has 0 atom stereocenters. The van der Waals surface area contributed by atoms with Crippen LogP contribution in [0.4, 0.5) is 0 Å². The van der Waals surface area contributed by atoms with Gasteiger partial charge in [-0.25, -0.2) is 8.42 Å². The first-order chi connectivity index (χ1) is 13.0. The maximum absolute atomic E-state index is 11.0. The van der Waals surface area contributed by atoms with Crippen LogP contribution in [0.1, 0.15) is 18.4 Å². The Hall–Kier alpha value is -0.910. The highest BCUT2D eigenvalue weighted by atomic mass is 127. The van der Waals surface area contributed by atoms with Crippen LogP contribution in [0.25, 0.3) is 0 Å². The predicted octanol–water partition coefficient (Wildman–Crippen LogP) is 1.50. The SMILES string of the molecule is CN=C(NCCOCCS(C)(=O)=O)NC1CCN(Cc2ccccc2)CC1.I. The van der Waals surface area contributed by atoms with Crippen molar-refractivity contribution in [2.24, 2.45) is 4.99 Å². The Morgan fingerprint density at radius 1 is 1.21 bits per heavy atom. The van der Waals surface area contributed by atoms with E-state index in [9.17, 15) is 8.42 Å². The molecule has 160 valence electrons. The summed E-state index contributed by atoms with van der Waals surface area (Å²) in [6, 6.07) is 11.0. The molecule has 1 heterocycles. The molecule has 1 aliphatic heterocycles. The van der Waals surface area contributed by atoms with E-state index < -0.39 is 9.84 Å². The molecule has 28 heavy (non-hydrogen) atoms. The number of guanidine groups is 1. The van der Waals surface area contributed by atoms with Gasteiger partial charge in [0.25, 0.3) is 0 Å². The molecular formula is C19H33IN4O3S. The summed E-state index contributed by atoms with van der Waals surface area (Å²) in [4.78, 5) is 6.74. The minimum atomic E-state index is -2.96. The topological polar surface area (TPSA) is 83.0 Å². The van der Waals surface area contributed by atoms with Crippen LogP contribution in [-0.2, 0) is 21.1 Å². The van der Waals surface area contributed by atoms with Gasteiger partial charge in [-0.2, -0.15) is 0 Å². The first-order valence-electron chi connectivity index (χ1n) is 9.45. The lowest BCUT2D eigenvalue weighted by Crippen LogP contribution is -2.49. The molecule has 1 aromatic rings. The van der Waals surface area contributed by atoms with Crippen LogP contribution in [0.5, 0.6) is 0 Å². The number of nitrogens with one attached hydrogen (secondary N) is 2. The second kappa shape index (κ2) is 13.3. The highest BCUT2D eigenvalue weighted by molar-refractivity contribution is 14.0. The standard InChI is InChI=1S/C19H32N4O3S.HI/c1-20-19(21-10-13-26-14-15-27(2,24)25)22-18-8-11-23(12-9-18)16-17-6-4-3-5-7-17;/h3-7,18H,8-16H2,1-2H3,(H2,20,21,22);1H. The molecule has 0 radical (unpaired) electrons. The highest BCUT2D eigenvalue weighted by Crippen LogP contribution is 2.13. The maximum atomic E-state index is 11.0. The van der Waals surface area contributed by atoms with Gasteiger partial charge in [-0.3, -0.25) is 9.89 Å². The minimum Gasteiger partial charge on any atom is -0.379 e. The Balaban J connectivity index is 0.00000392. The van der Waals surface area contributed by atoms with Gasteiger partial charge >= 0.3 is 0 Å². The van der Waals surface area contributed by atoms with E-state index in [0.717, 1.165) is 38.4 Å². The molecule has 0 unspecified atom stereocenters. The van der Waals surface area contributed by atoms with Crippen molar-refractivity contribution in [1.29, 1.82) is 0 Å². The molecule has 1 aliphatic rings. The highest BCUT2D eigenvalue weighted by Gasteiger charge is 2.19. The number of likely N-dealkylation sites (tertiary alicyclic amines) is 1. The van der Waals surface area contributed by atoms with Crippen LogP contribution in [0.2, 0.25) is 0 Å². The molecule has 9 heteroatoms. The number of nitrogens with zero attached hydrogens (tertiary/aromatic N) is 2. The van der Waals surface area contributed by atoms with Crippen LogP contribution in [0.3, 0.4) is 0 Å². The largest absolute Gasteiger partial charge is 0.379 e. The van der Waals surface area contributed by atoms with Gasteiger partial charge in [0, 0.05) is 45.5 Å². The third-order valence-corrected chi connectivity index (χ3v) is 5.45. The number of benzene rings is 1. The summed E-state index contributed by atoms with van der Waals surface area (Å²) in [5.74, 6) is 0.824. The number of ether oxygens (including phenoxy) is 1. The number of hydrogen-bond acceptors (Lipinski definition) is 5. The lowest BCUT2D eigenvalue weighted by molar-refractivity contribution is 0.153. The molecular weight excluding hydrogens is 491 g/mol. The minimum absolute atomic E-state index is 0. The van der Waals surface area contributed by atoms with Gasteiger partial charge in [-0.05, 0) is 18.4 Å². The number of halogens is 1. The first-order valence-corrected chi connectivity index (χ1v) is 11.5. The second-order valence-electron chi connectivity index (χ2n) is 6.92. The summed E-state index contributed by atoms with van der Waals surface area (Å²) < 4.78 is 27.4. The fraction of sp³-hybridized carbons (Fsp3) is 0.632. The summed E-state index contributed by atoms with van der Waals surface area (Å²) >= 11 is 0.